The lowest BCUT2D eigenvalue weighted by Crippen LogP contribution is -2.43. The van der Waals surface area contributed by atoms with Crippen LogP contribution >= 0.6 is 12.4 Å². The number of rotatable bonds is 4. The number of nitrogens with zero attached hydrogens (tertiary/aromatic N) is 2. The first kappa shape index (κ1) is 25.5. The minimum Gasteiger partial charge on any atom is -0.446 e. The highest BCUT2D eigenvalue weighted by Gasteiger charge is 2.43. The molecule has 0 aromatic heterocycles. The molecule has 0 spiro atoms. The van der Waals surface area contributed by atoms with Gasteiger partial charge in [-0.25, -0.2) is 4.79 Å². The number of amides is 2. The van der Waals surface area contributed by atoms with Gasteiger partial charge in [-0.1, -0.05) is 7.43 Å². The van der Waals surface area contributed by atoms with Gasteiger partial charge in [-0.3, -0.25) is 4.79 Å². The molecule has 2 amide bonds. The van der Waals surface area contributed by atoms with Gasteiger partial charge in [-0.15, -0.1) is 12.4 Å². The molecule has 0 bridgehead atoms. The van der Waals surface area contributed by atoms with Gasteiger partial charge in [0.25, 0.3) is 0 Å². The quantitative estimate of drug-likeness (QED) is 0.716. The summed E-state index contributed by atoms with van der Waals surface area (Å²) in [5, 5.41) is 15.4. The van der Waals surface area contributed by atoms with E-state index in [1.165, 1.54) is 0 Å². The minimum absolute atomic E-state index is 0. The molecule has 2 N–H and O–H groups in total. The van der Waals surface area contributed by atoms with Crippen molar-refractivity contribution in [1.29, 1.82) is 5.26 Å². The largest absolute Gasteiger partial charge is 0.446 e. The van der Waals surface area contributed by atoms with Crippen molar-refractivity contribution < 1.29 is 14.3 Å². The zero-order valence-electron chi connectivity index (χ0n) is 17.1. The first-order valence-electron chi connectivity index (χ1n) is 10.2. The molecule has 0 radical (unpaired) electrons. The molecule has 5 atom stereocenters. The number of carbonyl (C=O) groups excluding carboxylic acids is 2. The highest BCUT2D eigenvalue weighted by Crippen LogP contribution is 2.45. The Hall–Kier alpha value is -1.52. The number of nitrogens with one attached hydrogen (secondary N) is 2. The fraction of sp³-hybridized carbons (Fsp3) is 0.857. The zero-order chi connectivity index (χ0) is 19.6. The van der Waals surface area contributed by atoms with E-state index in [2.05, 4.69) is 16.7 Å². The van der Waals surface area contributed by atoms with Crippen molar-refractivity contribution in [1.82, 2.24) is 15.5 Å². The third-order valence-corrected chi connectivity index (χ3v) is 5.99. The van der Waals surface area contributed by atoms with Gasteiger partial charge in [-0.05, 0) is 71.1 Å². The van der Waals surface area contributed by atoms with Crippen molar-refractivity contribution in [2.75, 3.05) is 13.1 Å². The van der Waals surface area contributed by atoms with Crippen molar-refractivity contribution in [3.05, 3.63) is 0 Å². The van der Waals surface area contributed by atoms with Crippen LogP contribution in [-0.4, -0.2) is 53.7 Å². The molecule has 166 valence electrons. The van der Waals surface area contributed by atoms with E-state index in [0.29, 0.717) is 31.0 Å². The molecule has 29 heavy (non-hydrogen) atoms. The molecule has 2 aliphatic carbocycles. The van der Waals surface area contributed by atoms with E-state index in [1.54, 1.807) is 4.90 Å². The van der Waals surface area contributed by atoms with Gasteiger partial charge in [0.05, 0.1) is 12.6 Å². The van der Waals surface area contributed by atoms with Gasteiger partial charge < -0.3 is 20.3 Å². The number of likely N-dealkylation sites (tertiary alicyclic amines) is 1. The summed E-state index contributed by atoms with van der Waals surface area (Å²) < 4.78 is 5.59. The molecular weight excluding hydrogens is 392 g/mol. The second-order valence-electron chi connectivity index (χ2n) is 9.32. The maximum Gasteiger partial charge on any atom is 0.407 e. The Labute approximate surface area is 181 Å². The Kier molecular flexibility index (Phi) is 9.23. The van der Waals surface area contributed by atoms with Crippen LogP contribution in [0.4, 0.5) is 4.79 Å². The molecule has 1 aliphatic heterocycles. The fourth-order valence-electron chi connectivity index (χ4n) is 4.84. The number of ether oxygens (including phenoxy) is 1. The first-order chi connectivity index (χ1) is 12.7. The van der Waals surface area contributed by atoms with E-state index >= 15 is 0 Å². The van der Waals surface area contributed by atoms with Crippen LogP contribution in [0.25, 0.3) is 0 Å². The predicted molar refractivity (Wildman–Crippen MR) is 115 cm³/mol. The van der Waals surface area contributed by atoms with E-state index in [4.69, 9.17) is 10.00 Å². The van der Waals surface area contributed by atoms with E-state index in [0.717, 1.165) is 38.5 Å². The molecule has 7 nitrogen and oxygen atoms in total. The average Bonchev–Trinajstić information content (AvgIpc) is 3.24. The molecule has 0 aromatic carbocycles. The maximum atomic E-state index is 12.4. The summed E-state index contributed by atoms with van der Waals surface area (Å²) in [6.45, 7) is 6.84. The van der Waals surface area contributed by atoms with Gasteiger partial charge in [0.1, 0.15) is 12.1 Å². The first-order valence-corrected chi connectivity index (χ1v) is 10.2. The van der Waals surface area contributed by atoms with Gasteiger partial charge in [0.2, 0.25) is 5.91 Å². The Morgan fingerprint density at radius 2 is 1.79 bits per heavy atom. The second kappa shape index (κ2) is 10.5. The number of carbonyl (C=O) groups is 2. The summed E-state index contributed by atoms with van der Waals surface area (Å²) in [4.78, 5) is 26.0. The summed E-state index contributed by atoms with van der Waals surface area (Å²) >= 11 is 0. The fourth-order valence-corrected chi connectivity index (χ4v) is 4.84. The number of hydrogen-bond acceptors (Lipinski definition) is 5. The maximum absolute atomic E-state index is 12.4. The third kappa shape index (κ3) is 6.75. The highest BCUT2D eigenvalue weighted by molar-refractivity contribution is 5.85. The Morgan fingerprint density at radius 3 is 2.34 bits per heavy atom. The van der Waals surface area contributed by atoms with Gasteiger partial charge in [0, 0.05) is 18.1 Å². The third-order valence-electron chi connectivity index (χ3n) is 5.99. The number of hydrogen-bond donors (Lipinski definition) is 2. The Morgan fingerprint density at radius 1 is 1.17 bits per heavy atom. The van der Waals surface area contributed by atoms with E-state index in [1.807, 2.05) is 20.8 Å². The lowest BCUT2D eigenvalue weighted by atomic mass is 10.0. The monoisotopic (exact) mass is 428 g/mol. The van der Waals surface area contributed by atoms with Gasteiger partial charge >= 0.3 is 6.09 Å². The molecule has 1 saturated heterocycles. The van der Waals surface area contributed by atoms with Crippen molar-refractivity contribution >= 4 is 24.4 Å². The summed E-state index contributed by atoms with van der Waals surface area (Å²) in [7, 11) is 0. The SMILES string of the molecule is C.CC(C)(C)NC(=O)OC1C[C@H]2CC(NCC(=O)N3CCC[C@H]3C#N)C[C@H]2C1.Cl. The van der Waals surface area contributed by atoms with Crippen LogP contribution in [-0.2, 0) is 9.53 Å². The molecule has 3 rings (SSSR count). The van der Waals surface area contributed by atoms with Crippen LogP contribution in [0.1, 0.15) is 66.7 Å². The van der Waals surface area contributed by atoms with Crippen molar-refractivity contribution in [3.63, 3.8) is 0 Å². The van der Waals surface area contributed by atoms with Crippen LogP contribution in [0, 0.1) is 23.2 Å². The van der Waals surface area contributed by atoms with Crippen molar-refractivity contribution in [3.8, 4) is 6.07 Å². The summed E-state index contributed by atoms with van der Waals surface area (Å²) in [5.74, 6) is 1.16. The molecule has 1 heterocycles. The normalized spacial score (nSPS) is 30.6. The molecule has 8 heteroatoms. The summed E-state index contributed by atoms with van der Waals surface area (Å²) in [6, 6.07) is 2.31. The average molecular weight is 429 g/mol. The van der Waals surface area contributed by atoms with Crippen LogP contribution in [0.15, 0.2) is 0 Å². The van der Waals surface area contributed by atoms with Gasteiger partial charge in [0.15, 0.2) is 0 Å². The molecule has 2 saturated carbocycles. The summed E-state index contributed by atoms with van der Waals surface area (Å²) in [5.41, 5.74) is -0.285. The van der Waals surface area contributed by atoms with Crippen molar-refractivity contribution in [2.45, 2.75) is 90.4 Å². The van der Waals surface area contributed by atoms with E-state index in [9.17, 15) is 9.59 Å². The number of fused-ring (bicyclic) bond motifs is 1. The highest BCUT2D eigenvalue weighted by atomic mass is 35.5. The molecule has 2 unspecified atom stereocenters. The number of nitriles is 1. The Balaban J connectivity index is 0.00000210. The second-order valence-corrected chi connectivity index (χ2v) is 9.32. The number of alkyl carbamates (subject to hydrolysis) is 1. The van der Waals surface area contributed by atoms with E-state index in [-0.39, 0.29) is 49.5 Å². The molecule has 3 fully saturated rings. The van der Waals surface area contributed by atoms with E-state index < -0.39 is 0 Å². The lowest BCUT2D eigenvalue weighted by molar-refractivity contribution is -0.130. The Bertz CT molecular complexity index is 602. The summed E-state index contributed by atoms with van der Waals surface area (Å²) in [6.07, 6.45) is 5.27. The van der Waals surface area contributed by atoms with Crippen LogP contribution < -0.4 is 10.6 Å². The smallest absolute Gasteiger partial charge is 0.407 e. The zero-order valence-corrected chi connectivity index (χ0v) is 17.9. The molecular formula is C21H37ClN4O3. The lowest BCUT2D eigenvalue weighted by Gasteiger charge is -2.23. The predicted octanol–water partition coefficient (Wildman–Crippen LogP) is 3.23. The minimum atomic E-state index is -0.328. The van der Waals surface area contributed by atoms with Crippen LogP contribution in [0.5, 0.6) is 0 Å². The van der Waals surface area contributed by atoms with Crippen LogP contribution in [0.2, 0.25) is 0 Å². The van der Waals surface area contributed by atoms with Gasteiger partial charge in [-0.2, -0.15) is 5.26 Å². The molecule has 0 aromatic rings. The topological polar surface area (TPSA) is 94.5 Å². The van der Waals surface area contributed by atoms with Crippen LogP contribution in [0.3, 0.4) is 0 Å². The number of halogens is 1. The van der Waals surface area contributed by atoms with Crippen molar-refractivity contribution in [2.24, 2.45) is 11.8 Å². The standard InChI is InChI=1S/C20H32N4O3.CH4.ClH/c1-20(2,3)23-19(26)27-17-9-13-7-15(8-14(13)10-17)22-12-18(25)24-6-4-5-16(24)11-21;;/h13-17,22H,4-10,12H2,1-3H3,(H,23,26);1H4;1H/t13-,14+,15?,16-,17?;;/m0../s1. The molecule has 3 aliphatic rings.